The van der Waals surface area contributed by atoms with E-state index in [1.807, 2.05) is 0 Å². The van der Waals surface area contributed by atoms with Gasteiger partial charge in [-0.3, -0.25) is 0 Å². The summed E-state index contributed by atoms with van der Waals surface area (Å²) in [4.78, 5) is 0. The summed E-state index contributed by atoms with van der Waals surface area (Å²) >= 11 is 0. The quantitative estimate of drug-likeness (QED) is 0.583. The van der Waals surface area contributed by atoms with Gasteiger partial charge in [0, 0.05) is 6.04 Å². The number of rotatable bonds is 9. The molecule has 0 aromatic rings. The fourth-order valence-electron chi connectivity index (χ4n) is 4.38. The van der Waals surface area contributed by atoms with Crippen molar-refractivity contribution in [1.29, 1.82) is 0 Å². The third-order valence-corrected chi connectivity index (χ3v) is 5.33. The molecule has 4 atom stereocenters. The van der Waals surface area contributed by atoms with E-state index in [0.29, 0.717) is 0 Å². The first-order chi connectivity index (χ1) is 8.85. The van der Waals surface area contributed by atoms with E-state index in [9.17, 15) is 0 Å². The van der Waals surface area contributed by atoms with Crippen LogP contribution in [-0.4, -0.2) is 12.6 Å². The van der Waals surface area contributed by atoms with Gasteiger partial charge in [-0.15, -0.1) is 0 Å². The van der Waals surface area contributed by atoms with E-state index < -0.39 is 0 Å². The van der Waals surface area contributed by atoms with E-state index in [-0.39, 0.29) is 0 Å². The molecule has 2 rings (SSSR count). The zero-order valence-electron chi connectivity index (χ0n) is 12.6. The molecular formula is C17H33N. The molecule has 0 aromatic carbocycles. The molecular weight excluding hydrogens is 218 g/mol. The van der Waals surface area contributed by atoms with Crippen LogP contribution in [-0.2, 0) is 0 Å². The summed E-state index contributed by atoms with van der Waals surface area (Å²) in [6.07, 6.45) is 14.6. The van der Waals surface area contributed by atoms with Crippen molar-refractivity contribution in [2.75, 3.05) is 6.54 Å². The number of nitrogens with one attached hydrogen (secondary N) is 1. The topological polar surface area (TPSA) is 12.0 Å². The van der Waals surface area contributed by atoms with Crippen molar-refractivity contribution < 1.29 is 0 Å². The van der Waals surface area contributed by atoms with E-state index in [1.54, 1.807) is 12.8 Å². The molecule has 0 saturated heterocycles. The first-order valence-electron chi connectivity index (χ1n) is 8.58. The first-order valence-corrected chi connectivity index (χ1v) is 8.58. The highest BCUT2D eigenvalue weighted by molar-refractivity contribution is 4.95. The minimum atomic E-state index is 0.845. The Morgan fingerprint density at radius 3 is 2.50 bits per heavy atom. The molecule has 0 aliphatic heterocycles. The molecule has 0 spiro atoms. The molecule has 18 heavy (non-hydrogen) atoms. The van der Waals surface area contributed by atoms with Crippen molar-refractivity contribution in [3.05, 3.63) is 0 Å². The Labute approximate surface area is 114 Å². The molecule has 1 heteroatoms. The second-order valence-corrected chi connectivity index (χ2v) is 6.75. The third kappa shape index (κ3) is 3.73. The summed E-state index contributed by atoms with van der Waals surface area (Å²) in [5.74, 6) is 3.20. The van der Waals surface area contributed by atoms with E-state index >= 15 is 0 Å². The van der Waals surface area contributed by atoms with Crippen LogP contribution in [0.2, 0.25) is 0 Å². The summed E-state index contributed by atoms with van der Waals surface area (Å²) in [7, 11) is 0. The lowest BCUT2D eigenvalue weighted by molar-refractivity contribution is 0.234. The van der Waals surface area contributed by atoms with Gasteiger partial charge in [0.1, 0.15) is 0 Å². The lowest BCUT2D eigenvalue weighted by Crippen LogP contribution is -2.39. The first kappa shape index (κ1) is 14.4. The minimum absolute atomic E-state index is 0.845. The minimum Gasteiger partial charge on any atom is -0.314 e. The normalized spacial score (nSPS) is 32.0. The van der Waals surface area contributed by atoms with Crippen LogP contribution in [0.25, 0.3) is 0 Å². The van der Waals surface area contributed by atoms with Crippen LogP contribution in [0.4, 0.5) is 0 Å². The largest absolute Gasteiger partial charge is 0.314 e. The highest BCUT2D eigenvalue weighted by atomic mass is 14.9. The maximum absolute atomic E-state index is 3.87. The second-order valence-electron chi connectivity index (χ2n) is 6.75. The molecule has 0 radical (unpaired) electrons. The number of hydrogen-bond donors (Lipinski definition) is 1. The van der Waals surface area contributed by atoms with Gasteiger partial charge >= 0.3 is 0 Å². The summed E-state index contributed by atoms with van der Waals surface area (Å²) in [5, 5.41) is 3.87. The van der Waals surface area contributed by atoms with Gasteiger partial charge in [0.05, 0.1) is 0 Å². The SMILES string of the molecule is CCCCCCC(NCCC)C1CC2CCC1C2. The molecule has 2 aliphatic rings. The van der Waals surface area contributed by atoms with Crippen LogP contribution >= 0.6 is 0 Å². The Bertz CT molecular complexity index is 226. The maximum Gasteiger partial charge on any atom is 0.00980 e. The van der Waals surface area contributed by atoms with E-state index in [0.717, 1.165) is 23.8 Å². The Balaban J connectivity index is 1.76. The van der Waals surface area contributed by atoms with E-state index in [1.165, 1.54) is 57.9 Å². The molecule has 0 heterocycles. The van der Waals surface area contributed by atoms with Crippen LogP contribution < -0.4 is 5.32 Å². The van der Waals surface area contributed by atoms with Gasteiger partial charge in [-0.2, -0.15) is 0 Å². The Morgan fingerprint density at radius 2 is 1.89 bits per heavy atom. The molecule has 2 bridgehead atoms. The number of unbranched alkanes of at least 4 members (excludes halogenated alkanes) is 3. The van der Waals surface area contributed by atoms with Gasteiger partial charge in [-0.25, -0.2) is 0 Å². The van der Waals surface area contributed by atoms with Crippen molar-refractivity contribution in [1.82, 2.24) is 5.32 Å². The van der Waals surface area contributed by atoms with Crippen molar-refractivity contribution in [2.24, 2.45) is 17.8 Å². The molecule has 0 amide bonds. The number of fused-ring (bicyclic) bond motifs is 2. The van der Waals surface area contributed by atoms with Crippen LogP contribution in [0, 0.1) is 17.8 Å². The van der Waals surface area contributed by atoms with Gasteiger partial charge in [0.25, 0.3) is 0 Å². The zero-order valence-corrected chi connectivity index (χ0v) is 12.6. The van der Waals surface area contributed by atoms with Gasteiger partial charge in [0.2, 0.25) is 0 Å². The van der Waals surface area contributed by atoms with Gasteiger partial charge in [-0.1, -0.05) is 46.0 Å². The summed E-state index contributed by atoms with van der Waals surface area (Å²) in [5.41, 5.74) is 0. The van der Waals surface area contributed by atoms with Gasteiger partial charge in [-0.05, 0) is 56.4 Å². The Morgan fingerprint density at radius 1 is 1.00 bits per heavy atom. The monoisotopic (exact) mass is 251 g/mol. The standard InChI is InChI=1S/C17H33N/c1-3-5-6-7-8-17(18-11-4-2)16-13-14-9-10-15(16)12-14/h14-18H,3-13H2,1-2H3. The summed E-state index contributed by atoms with van der Waals surface area (Å²) < 4.78 is 0. The van der Waals surface area contributed by atoms with Gasteiger partial charge < -0.3 is 5.32 Å². The average molecular weight is 251 g/mol. The van der Waals surface area contributed by atoms with Crippen molar-refractivity contribution in [3.8, 4) is 0 Å². The van der Waals surface area contributed by atoms with Crippen LogP contribution in [0.5, 0.6) is 0 Å². The highest BCUT2D eigenvalue weighted by Gasteiger charge is 2.42. The maximum atomic E-state index is 3.87. The molecule has 1 N–H and O–H groups in total. The lowest BCUT2D eigenvalue weighted by atomic mass is 9.81. The fraction of sp³-hybridized carbons (Fsp3) is 1.00. The molecule has 4 unspecified atom stereocenters. The van der Waals surface area contributed by atoms with Crippen LogP contribution in [0.15, 0.2) is 0 Å². The van der Waals surface area contributed by atoms with E-state index in [2.05, 4.69) is 19.2 Å². The second kappa shape index (κ2) is 7.53. The smallest absolute Gasteiger partial charge is 0.00980 e. The molecule has 0 aromatic heterocycles. The Hall–Kier alpha value is -0.0400. The van der Waals surface area contributed by atoms with Crippen LogP contribution in [0.3, 0.4) is 0 Å². The fourth-order valence-corrected chi connectivity index (χ4v) is 4.38. The zero-order chi connectivity index (χ0) is 12.8. The van der Waals surface area contributed by atoms with Gasteiger partial charge in [0.15, 0.2) is 0 Å². The average Bonchev–Trinajstić information content (AvgIpc) is 3.00. The highest BCUT2D eigenvalue weighted by Crippen LogP contribution is 2.50. The molecule has 1 nitrogen and oxygen atoms in total. The lowest BCUT2D eigenvalue weighted by Gasteiger charge is -2.31. The van der Waals surface area contributed by atoms with E-state index in [4.69, 9.17) is 0 Å². The molecule has 106 valence electrons. The van der Waals surface area contributed by atoms with Crippen molar-refractivity contribution in [2.45, 2.75) is 84.1 Å². The number of hydrogen-bond acceptors (Lipinski definition) is 1. The summed E-state index contributed by atoms with van der Waals surface area (Å²) in [6, 6.07) is 0.845. The Kier molecular flexibility index (Phi) is 6.01. The predicted octanol–water partition coefficient (Wildman–Crippen LogP) is 4.76. The van der Waals surface area contributed by atoms with Crippen LogP contribution in [0.1, 0.15) is 78.1 Å². The van der Waals surface area contributed by atoms with Crippen molar-refractivity contribution >= 4 is 0 Å². The summed E-state index contributed by atoms with van der Waals surface area (Å²) in [6.45, 7) is 5.83. The van der Waals surface area contributed by atoms with Crippen molar-refractivity contribution in [3.63, 3.8) is 0 Å². The third-order valence-electron chi connectivity index (χ3n) is 5.33. The molecule has 2 saturated carbocycles. The molecule has 2 fully saturated rings. The predicted molar refractivity (Wildman–Crippen MR) is 79.8 cm³/mol. The molecule has 2 aliphatic carbocycles.